The Morgan fingerprint density at radius 3 is 2.29 bits per heavy atom. The second-order valence-corrected chi connectivity index (χ2v) is 6.33. The number of benzene rings is 1. The van der Waals surface area contributed by atoms with Gasteiger partial charge in [0.15, 0.2) is 9.84 Å². The van der Waals surface area contributed by atoms with Crippen molar-refractivity contribution in [3.05, 3.63) is 29.8 Å². The summed E-state index contributed by atoms with van der Waals surface area (Å²) in [4.78, 5) is 10.7. The van der Waals surface area contributed by atoms with Gasteiger partial charge < -0.3 is 5.11 Å². The van der Waals surface area contributed by atoms with E-state index in [4.69, 9.17) is 5.11 Å². The number of carboxylic acid groups (broad SMARTS) is 1. The van der Waals surface area contributed by atoms with Gasteiger partial charge in [-0.05, 0) is 25.0 Å². The van der Waals surface area contributed by atoms with Crippen molar-refractivity contribution in [1.29, 1.82) is 0 Å². The molecular formula is C12H16O4S. The maximum absolute atomic E-state index is 11.9. The van der Waals surface area contributed by atoms with E-state index < -0.39 is 15.8 Å². The van der Waals surface area contributed by atoms with Crippen molar-refractivity contribution in [2.24, 2.45) is 5.92 Å². The molecule has 1 atom stereocenters. The zero-order chi connectivity index (χ0) is 13.1. The van der Waals surface area contributed by atoms with Crippen LogP contribution in [0, 0.1) is 12.8 Å². The first kappa shape index (κ1) is 13.7. The first-order valence-electron chi connectivity index (χ1n) is 5.32. The van der Waals surface area contributed by atoms with Gasteiger partial charge in [0.1, 0.15) is 0 Å². The molecular weight excluding hydrogens is 240 g/mol. The number of hydrogen-bond acceptors (Lipinski definition) is 3. The lowest BCUT2D eigenvalue weighted by atomic mass is 10.1. The highest BCUT2D eigenvalue weighted by atomic mass is 32.2. The molecule has 0 heterocycles. The van der Waals surface area contributed by atoms with E-state index in [1.54, 1.807) is 31.2 Å². The largest absolute Gasteiger partial charge is 0.481 e. The third-order valence-electron chi connectivity index (χ3n) is 2.41. The molecule has 1 N–H and O–H groups in total. The van der Waals surface area contributed by atoms with Crippen molar-refractivity contribution in [1.82, 2.24) is 0 Å². The Kier molecular flexibility index (Phi) is 4.28. The molecule has 0 spiro atoms. The van der Waals surface area contributed by atoms with Gasteiger partial charge >= 0.3 is 5.97 Å². The van der Waals surface area contributed by atoms with Gasteiger partial charge in [0.25, 0.3) is 0 Å². The van der Waals surface area contributed by atoms with Crippen LogP contribution < -0.4 is 0 Å². The van der Waals surface area contributed by atoms with Gasteiger partial charge in [-0.15, -0.1) is 0 Å². The molecule has 0 bridgehead atoms. The molecule has 94 valence electrons. The fourth-order valence-electron chi connectivity index (χ4n) is 1.57. The molecule has 4 nitrogen and oxygen atoms in total. The van der Waals surface area contributed by atoms with Gasteiger partial charge in [-0.3, -0.25) is 4.79 Å². The normalized spacial score (nSPS) is 13.3. The summed E-state index contributed by atoms with van der Waals surface area (Å²) in [6, 6.07) is 6.57. The van der Waals surface area contributed by atoms with Crippen LogP contribution in [0.5, 0.6) is 0 Å². The fraction of sp³-hybridized carbons (Fsp3) is 0.417. The van der Waals surface area contributed by atoms with Crippen molar-refractivity contribution in [2.45, 2.75) is 25.2 Å². The smallest absolute Gasteiger partial charge is 0.303 e. The van der Waals surface area contributed by atoms with Gasteiger partial charge in [0.05, 0.1) is 10.6 Å². The van der Waals surface area contributed by atoms with Crippen molar-refractivity contribution < 1.29 is 18.3 Å². The van der Waals surface area contributed by atoms with Crippen molar-refractivity contribution in [3.63, 3.8) is 0 Å². The molecule has 5 heteroatoms. The van der Waals surface area contributed by atoms with Crippen molar-refractivity contribution in [2.75, 3.05) is 5.75 Å². The predicted molar refractivity (Wildman–Crippen MR) is 64.6 cm³/mol. The molecule has 0 fully saturated rings. The average Bonchev–Trinajstić information content (AvgIpc) is 2.15. The highest BCUT2D eigenvalue weighted by molar-refractivity contribution is 7.91. The van der Waals surface area contributed by atoms with E-state index in [-0.39, 0.29) is 23.0 Å². The Morgan fingerprint density at radius 1 is 1.29 bits per heavy atom. The number of aryl methyl sites for hydroxylation is 1. The lowest BCUT2D eigenvalue weighted by molar-refractivity contribution is -0.137. The minimum absolute atomic E-state index is 0.134. The van der Waals surface area contributed by atoms with Crippen LogP contribution in [-0.2, 0) is 14.6 Å². The van der Waals surface area contributed by atoms with Crippen LogP contribution in [0.15, 0.2) is 29.2 Å². The fourth-order valence-corrected chi connectivity index (χ4v) is 3.18. The van der Waals surface area contributed by atoms with Crippen LogP contribution in [0.25, 0.3) is 0 Å². The third-order valence-corrected chi connectivity index (χ3v) is 4.41. The van der Waals surface area contributed by atoms with Crippen LogP contribution in [0.1, 0.15) is 18.9 Å². The molecule has 1 rings (SSSR count). The number of sulfone groups is 1. The van der Waals surface area contributed by atoms with Crippen LogP contribution >= 0.6 is 0 Å². The standard InChI is InChI=1S/C12H16O4S/c1-9-3-5-11(6-4-9)17(15,16)8-10(2)7-12(13)14/h3-6,10H,7-8H2,1-2H3,(H,13,14). The van der Waals surface area contributed by atoms with Gasteiger partial charge in [0.2, 0.25) is 0 Å². The van der Waals surface area contributed by atoms with Crippen LogP contribution in [0.2, 0.25) is 0 Å². The summed E-state index contributed by atoms with van der Waals surface area (Å²) in [6.45, 7) is 3.50. The third kappa shape index (κ3) is 4.19. The van der Waals surface area contributed by atoms with E-state index in [1.165, 1.54) is 0 Å². The zero-order valence-electron chi connectivity index (χ0n) is 9.88. The molecule has 0 amide bonds. The number of carbonyl (C=O) groups is 1. The summed E-state index contributed by atoms with van der Waals surface area (Å²) in [7, 11) is -3.39. The molecule has 0 aliphatic rings. The first-order chi connectivity index (χ1) is 7.81. The van der Waals surface area contributed by atoms with Crippen molar-refractivity contribution >= 4 is 15.8 Å². The van der Waals surface area contributed by atoms with Crippen LogP contribution in [0.3, 0.4) is 0 Å². The van der Waals surface area contributed by atoms with E-state index in [9.17, 15) is 13.2 Å². The van der Waals surface area contributed by atoms with E-state index in [1.807, 2.05) is 6.92 Å². The Bertz CT molecular complexity index is 488. The highest BCUT2D eigenvalue weighted by Gasteiger charge is 2.19. The molecule has 1 aromatic rings. The van der Waals surface area contributed by atoms with E-state index in [0.717, 1.165) is 5.56 Å². The summed E-state index contributed by atoms with van der Waals surface area (Å²) in [5.74, 6) is -1.50. The van der Waals surface area contributed by atoms with Crippen LogP contribution in [0.4, 0.5) is 0 Å². The Labute approximate surface area is 101 Å². The summed E-state index contributed by atoms with van der Waals surface area (Å²) in [5.41, 5.74) is 0.988. The molecule has 1 aromatic carbocycles. The second kappa shape index (κ2) is 5.31. The van der Waals surface area contributed by atoms with Gasteiger partial charge in [0, 0.05) is 6.42 Å². The Balaban J connectivity index is 2.82. The average molecular weight is 256 g/mol. The SMILES string of the molecule is Cc1ccc(S(=O)(=O)CC(C)CC(=O)O)cc1. The molecule has 0 aliphatic heterocycles. The Hall–Kier alpha value is -1.36. The molecule has 1 unspecified atom stereocenters. The summed E-state index contributed by atoms with van der Waals surface area (Å²) < 4.78 is 23.9. The zero-order valence-corrected chi connectivity index (χ0v) is 10.7. The molecule has 17 heavy (non-hydrogen) atoms. The molecule has 0 radical (unpaired) electrons. The highest BCUT2D eigenvalue weighted by Crippen LogP contribution is 2.16. The number of aliphatic carboxylic acids is 1. The van der Waals surface area contributed by atoms with Gasteiger partial charge in [-0.25, -0.2) is 8.42 Å². The monoisotopic (exact) mass is 256 g/mol. The number of carboxylic acids is 1. The first-order valence-corrected chi connectivity index (χ1v) is 6.97. The van der Waals surface area contributed by atoms with E-state index in [2.05, 4.69) is 0 Å². The minimum atomic E-state index is -3.39. The maximum atomic E-state index is 11.9. The van der Waals surface area contributed by atoms with Crippen molar-refractivity contribution in [3.8, 4) is 0 Å². The maximum Gasteiger partial charge on any atom is 0.303 e. The quantitative estimate of drug-likeness (QED) is 0.873. The van der Waals surface area contributed by atoms with E-state index >= 15 is 0 Å². The summed E-state index contributed by atoms with van der Waals surface area (Å²) >= 11 is 0. The predicted octanol–water partition coefficient (Wildman–Crippen LogP) is 1.88. The minimum Gasteiger partial charge on any atom is -0.481 e. The van der Waals surface area contributed by atoms with Gasteiger partial charge in [-0.2, -0.15) is 0 Å². The summed E-state index contributed by atoms with van der Waals surface area (Å²) in [5, 5.41) is 8.59. The Morgan fingerprint density at radius 2 is 1.82 bits per heavy atom. The molecule has 0 aliphatic carbocycles. The number of hydrogen-bond donors (Lipinski definition) is 1. The van der Waals surface area contributed by atoms with Gasteiger partial charge in [-0.1, -0.05) is 24.6 Å². The topological polar surface area (TPSA) is 71.4 Å². The second-order valence-electron chi connectivity index (χ2n) is 4.30. The molecule has 0 saturated carbocycles. The summed E-state index contributed by atoms with van der Waals surface area (Å²) in [6.07, 6.45) is -0.134. The number of rotatable bonds is 5. The van der Waals surface area contributed by atoms with E-state index in [0.29, 0.717) is 0 Å². The van der Waals surface area contributed by atoms with Crippen LogP contribution in [-0.4, -0.2) is 25.2 Å². The molecule has 0 aromatic heterocycles. The lowest BCUT2D eigenvalue weighted by Crippen LogP contribution is -2.16. The lowest BCUT2D eigenvalue weighted by Gasteiger charge is -2.09. The molecule has 0 saturated heterocycles.